The van der Waals surface area contributed by atoms with Crippen molar-refractivity contribution >= 4 is 28.3 Å². The molecule has 0 radical (unpaired) electrons. The highest BCUT2D eigenvalue weighted by atomic mass is 35.5. The smallest absolute Gasteiger partial charge is 0.335 e. The van der Waals surface area contributed by atoms with Crippen molar-refractivity contribution in [3.63, 3.8) is 0 Å². The molecule has 0 saturated heterocycles. The van der Waals surface area contributed by atoms with Crippen LogP contribution in [0.3, 0.4) is 0 Å². The van der Waals surface area contributed by atoms with Crippen molar-refractivity contribution < 1.29 is 14.3 Å². The fourth-order valence-electron chi connectivity index (χ4n) is 2.12. The molecule has 2 aromatic heterocycles. The first-order valence-corrected chi connectivity index (χ1v) is 6.37. The number of benzene rings is 1. The van der Waals surface area contributed by atoms with E-state index in [9.17, 15) is 9.18 Å². The quantitative estimate of drug-likeness (QED) is 0.782. The predicted molar refractivity (Wildman–Crippen MR) is 76.9 cm³/mol. The summed E-state index contributed by atoms with van der Waals surface area (Å²) in [6.07, 6.45) is 4.09. The highest BCUT2D eigenvalue weighted by molar-refractivity contribution is 6.33. The van der Waals surface area contributed by atoms with Gasteiger partial charge in [0.2, 0.25) is 0 Å². The van der Waals surface area contributed by atoms with Gasteiger partial charge in [-0.05, 0) is 18.2 Å². The van der Waals surface area contributed by atoms with Gasteiger partial charge in [-0.15, -0.1) is 0 Å². The monoisotopic (exact) mass is 302 g/mol. The molecule has 0 spiro atoms. The number of fused-ring (bicyclic) bond motifs is 1. The SMILES string of the molecule is O=C(O)c1ccc2c(F)cnc(-c3ccncc3Cl)c2c1. The molecule has 0 amide bonds. The van der Waals surface area contributed by atoms with E-state index in [0.717, 1.165) is 6.20 Å². The molecule has 1 aromatic carbocycles. The summed E-state index contributed by atoms with van der Waals surface area (Å²) < 4.78 is 13.9. The zero-order chi connectivity index (χ0) is 15.0. The second kappa shape index (κ2) is 5.10. The van der Waals surface area contributed by atoms with Crippen LogP contribution in [0.2, 0.25) is 5.02 Å². The van der Waals surface area contributed by atoms with E-state index >= 15 is 0 Å². The van der Waals surface area contributed by atoms with E-state index in [0.29, 0.717) is 21.7 Å². The summed E-state index contributed by atoms with van der Waals surface area (Å²) in [5, 5.41) is 10.1. The average molecular weight is 303 g/mol. The van der Waals surface area contributed by atoms with Crippen LogP contribution < -0.4 is 0 Å². The first-order chi connectivity index (χ1) is 10.1. The van der Waals surface area contributed by atoms with Crippen LogP contribution in [0.25, 0.3) is 22.0 Å². The average Bonchev–Trinajstić information content (AvgIpc) is 2.48. The van der Waals surface area contributed by atoms with Crippen molar-refractivity contribution in [1.29, 1.82) is 0 Å². The third kappa shape index (κ3) is 2.32. The molecule has 104 valence electrons. The van der Waals surface area contributed by atoms with E-state index in [1.807, 2.05) is 0 Å². The van der Waals surface area contributed by atoms with E-state index in [1.165, 1.54) is 24.4 Å². The number of carboxylic acid groups (broad SMARTS) is 1. The number of aromatic nitrogens is 2. The molecule has 0 bridgehead atoms. The highest BCUT2D eigenvalue weighted by Crippen LogP contribution is 2.32. The lowest BCUT2D eigenvalue weighted by atomic mass is 10.0. The Morgan fingerprint density at radius 3 is 2.71 bits per heavy atom. The van der Waals surface area contributed by atoms with E-state index in [2.05, 4.69) is 9.97 Å². The maximum absolute atomic E-state index is 13.9. The summed E-state index contributed by atoms with van der Waals surface area (Å²) in [5.41, 5.74) is 1.04. The van der Waals surface area contributed by atoms with E-state index in [1.54, 1.807) is 12.3 Å². The molecule has 6 heteroatoms. The van der Waals surface area contributed by atoms with Crippen LogP contribution in [0.15, 0.2) is 42.9 Å². The number of pyridine rings is 2. The maximum Gasteiger partial charge on any atom is 0.335 e. The lowest BCUT2D eigenvalue weighted by molar-refractivity contribution is 0.0697. The number of halogens is 2. The Morgan fingerprint density at radius 1 is 1.19 bits per heavy atom. The standard InChI is InChI=1S/C15H8ClFN2O2/c16-12-6-18-4-3-10(12)14-11-5-8(15(20)21)1-2-9(11)13(17)7-19-14/h1-7H,(H,20,21). The molecule has 21 heavy (non-hydrogen) atoms. The van der Waals surface area contributed by atoms with Crippen molar-refractivity contribution in [1.82, 2.24) is 9.97 Å². The molecular weight excluding hydrogens is 295 g/mol. The Labute approximate surface area is 123 Å². The summed E-state index contributed by atoms with van der Waals surface area (Å²) in [4.78, 5) is 19.0. The normalized spacial score (nSPS) is 10.8. The maximum atomic E-state index is 13.9. The van der Waals surface area contributed by atoms with E-state index < -0.39 is 11.8 Å². The molecule has 1 N–H and O–H groups in total. The molecule has 3 rings (SSSR count). The Bertz CT molecular complexity index is 867. The van der Waals surface area contributed by atoms with Crippen molar-refractivity contribution in [2.24, 2.45) is 0 Å². The number of nitrogens with zero attached hydrogens (tertiary/aromatic N) is 2. The van der Waals surface area contributed by atoms with Crippen LogP contribution in [-0.4, -0.2) is 21.0 Å². The van der Waals surface area contributed by atoms with Crippen molar-refractivity contribution in [3.8, 4) is 11.3 Å². The van der Waals surface area contributed by atoms with Crippen LogP contribution in [0.5, 0.6) is 0 Å². The number of hydrogen-bond acceptors (Lipinski definition) is 3. The van der Waals surface area contributed by atoms with E-state index in [-0.39, 0.29) is 10.9 Å². The fraction of sp³-hybridized carbons (Fsp3) is 0. The first kappa shape index (κ1) is 13.5. The van der Waals surface area contributed by atoms with Crippen molar-refractivity contribution in [2.75, 3.05) is 0 Å². The minimum atomic E-state index is -1.09. The lowest BCUT2D eigenvalue weighted by Gasteiger charge is -2.09. The molecule has 0 fully saturated rings. The molecule has 0 aliphatic heterocycles. The summed E-state index contributed by atoms with van der Waals surface area (Å²) in [5.74, 6) is -1.61. The lowest BCUT2D eigenvalue weighted by Crippen LogP contribution is -1.98. The molecule has 0 aliphatic rings. The van der Waals surface area contributed by atoms with Gasteiger partial charge in [0.1, 0.15) is 5.82 Å². The minimum absolute atomic E-state index is 0.0568. The van der Waals surface area contributed by atoms with Gasteiger partial charge in [-0.25, -0.2) is 9.18 Å². The molecule has 0 aliphatic carbocycles. The Kier molecular flexibility index (Phi) is 3.27. The largest absolute Gasteiger partial charge is 0.478 e. The Morgan fingerprint density at radius 2 is 2.00 bits per heavy atom. The van der Waals surface area contributed by atoms with Gasteiger partial charge in [0, 0.05) is 28.7 Å². The van der Waals surface area contributed by atoms with Gasteiger partial charge in [0.25, 0.3) is 0 Å². The second-order valence-electron chi connectivity index (χ2n) is 4.38. The minimum Gasteiger partial charge on any atom is -0.478 e. The molecule has 2 heterocycles. The predicted octanol–water partition coefficient (Wildman–Crippen LogP) is 3.79. The molecular formula is C15H8ClFN2O2. The van der Waals surface area contributed by atoms with Crippen LogP contribution in [0.1, 0.15) is 10.4 Å². The highest BCUT2D eigenvalue weighted by Gasteiger charge is 2.14. The van der Waals surface area contributed by atoms with Gasteiger partial charge in [0.05, 0.1) is 22.5 Å². The molecule has 3 aromatic rings. The van der Waals surface area contributed by atoms with Gasteiger partial charge in [0.15, 0.2) is 0 Å². The number of aromatic carboxylic acids is 1. The first-order valence-electron chi connectivity index (χ1n) is 5.99. The zero-order valence-electron chi connectivity index (χ0n) is 10.5. The molecule has 0 atom stereocenters. The summed E-state index contributed by atoms with van der Waals surface area (Å²) in [6.45, 7) is 0. The topological polar surface area (TPSA) is 63.1 Å². The molecule has 0 unspecified atom stereocenters. The van der Waals surface area contributed by atoms with Crippen molar-refractivity contribution in [3.05, 3.63) is 59.3 Å². The van der Waals surface area contributed by atoms with Gasteiger partial charge in [-0.1, -0.05) is 17.7 Å². The Balaban J connectivity index is 2.38. The zero-order valence-corrected chi connectivity index (χ0v) is 11.3. The Hall–Kier alpha value is -2.53. The molecule has 4 nitrogen and oxygen atoms in total. The second-order valence-corrected chi connectivity index (χ2v) is 4.78. The number of rotatable bonds is 2. The van der Waals surface area contributed by atoms with Crippen molar-refractivity contribution in [2.45, 2.75) is 0 Å². The van der Waals surface area contributed by atoms with Gasteiger partial charge >= 0.3 is 5.97 Å². The third-order valence-corrected chi connectivity index (χ3v) is 3.41. The van der Waals surface area contributed by atoms with Crippen LogP contribution in [-0.2, 0) is 0 Å². The van der Waals surface area contributed by atoms with Gasteiger partial charge in [-0.2, -0.15) is 0 Å². The third-order valence-electron chi connectivity index (χ3n) is 3.11. The summed E-state index contributed by atoms with van der Waals surface area (Å²) >= 11 is 6.09. The summed E-state index contributed by atoms with van der Waals surface area (Å²) in [6, 6.07) is 5.81. The molecule has 0 saturated carbocycles. The van der Waals surface area contributed by atoms with Gasteiger partial charge < -0.3 is 5.11 Å². The van der Waals surface area contributed by atoms with Gasteiger partial charge in [-0.3, -0.25) is 9.97 Å². The van der Waals surface area contributed by atoms with Crippen LogP contribution in [0, 0.1) is 5.82 Å². The number of carbonyl (C=O) groups is 1. The number of hydrogen-bond donors (Lipinski definition) is 1. The van der Waals surface area contributed by atoms with E-state index in [4.69, 9.17) is 16.7 Å². The van der Waals surface area contributed by atoms with Crippen LogP contribution >= 0.6 is 11.6 Å². The number of carboxylic acids is 1. The fourth-order valence-corrected chi connectivity index (χ4v) is 2.33. The van der Waals surface area contributed by atoms with Crippen LogP contribution in [0.4, 0.5) is 4.39 Å². The summed E-state index contributed by atoms with van der Waals surface area (Å²) in [7, 11) is 0.